The third-order valence-corrected chi connectivity index (χ3v) is 7.40. The number of esters is 1. The Morgan fingerprint density at radius 1 is 1.26 bits per heavy atom. The number of nitrogens with one attached hydrogen (secondary N) is 1. The van der Waals surface area contributed by atoms with Gasteiger partial charge in [0.15, 0.2) is 0 Å². The van der Waals surface area contributed by atoms with E-state index in [4.69, 9.17) is 15.5 Å². The molecule has 4 N–H and O–H groups in total. The first-order chi connectivity index (χ1) is 16.8. The fourth-order valence-corrected chi connectivity index (χ4v) is 5.64. The first kappa shape index (κ1) is 21.7. The molecule has 9 heteroatoms. The standard InChI is InChI=1S/C26H24N4O5/c1-12(2)26(34)17-8-20-23-15(10-30(20)24(32)16(17)11-35-25(26)33)13-4-3-5-14-18(28-21(31)9-27)6-7-19(29-23)22(13)14/h6-8,34H,1,3-5,9-11,27H2,2H3,(H,28,31)/t26-/m0/s1. The zero-order chi connectivity index (χ0) is 24.6. The van der Waals surface area contributed by atoms with Crippen molar-refractivity contribution in [2.45, 2.75) is 44.9 Å². The Bertz CT molecular complexity index is 1570. The molecular formula is C26H24N4O5. The number of hydrogen-bond donors (Lipinski definition) is 3. The fourth-order valence-electron chi connectivity index (χ4n) is 5.64. The Hall–Kier alpha value is -3.82. The summed E-state index contributed by atoms with van der Waals surface area (Å²) in [6, 6.07) is 5.38. The molecule has 3 aliphatic rings. The Kier molecular flexibility index (Phi) is 4.55. The van der Waals surface area contributed by atoms with Crippen LogP contribution in [0.3, 0.4) is 0 Å². The molecule has 178 valence electrons. The second-order valence-corrected chi connectivity index (χ2v) is 9.39. The van der Waals surface area contributed by atoms with E-state index in [0.29, 0.717) is 17.9 Å². The molecular weight excluding hydrogens is 448 g/mol. The summed E-state index contributed by atoms with van der Waals surface area (Å²) in [5.74, 6) is -1.09. The van der Waals surface area contributed by atoms with Crippen LogP contribution in [0.25, 0.3) is 22.3 Å². The minimum absolute atomic E-state index is 0.0988. The van der Waals surface area contributed by atoms with Crippen molar-refractivity contribution in [2.75, 3.05) is 11.9 Å². The smallest absolute Gasteiger partial charge is 0.347 e. The number of amides is 1. The van der Waals surface area contributed by atoms with Gasteiger partial charge in [-0.25, -0.2) is 9.78 Å². The van der Waals surface area contributed by atoms with Gasteiger partial charge in [-0.2, -0.15) is 0 Å². The van der Waals surface area contributed by atoms with Crippen molar-refractivity contribution < 1.29 is 19.4 Å². The molecule has 1 aliphatic carbocycles. The van der Waals surface area contributed by atoms with Crippen LogP contribution in [-0.2, 0) is 45.9 Å². The van der Waals surface area contributed by atoms with Crippen molar-refractivity contribution in [2.24, 2.45) is 5.73 Å². The van der Waals surface area contributed by atoms with Crippen molar-refractivity contribution in [3.63, 3.8) is 0 Å². The van der Waals surface area contributed by atoms with Gasteiger partial charge >= 0.3 is 5.97 Å². The number of aromatic nitrogens is 2. The van der Waals surface area contributed by atoms with E-state index in [1.54, 1.807) is 10.6 Å². The molecule has 3 aromatic rings. The van der Waals surface area contributed by atoms with Crippen LogP contribution >= 0.6 is 0 Å². The Morgan fingerprint density at radius 3 is 2.77 bits per heavy atom. The molecule has 0 saturated carbocycles. The molecule has 1 aromatic carbocycles. The number of pyridine rings is 2. The molecule has 0 spiro atoms. The summed E-state index contributed by atoms with van der Waals surface area (Å²) in [4.78, 5) is 42.9. The number of rotatable bonds is 3. The predicted octanol–water partition coefficient (Wildman–Crippen LogP) is 1.63. The maximum atomic E-state index is 13.5. The first-order valence-corrected chi connectivity index (χ1v) is 11.6. The quantitative estimate of drug-likeness (QED) is 0.304. The van der Waals surface area contributed by atoms with Gasteiger partial charge in [-0.3, -0.25) is 9.59 Å². The van der Waals surface area contributed by atoms with E-state index in [9.17, 15) is 19.5 Å². The molecule has 2 aliphatic heterocycles. The van der Waals surface area contributed by atoms with E-state index < -0.39 is 11.6 Å². The third kappa shape index (κ3) is 2.82. The van der Waals surface area contributed by atoms with Crippen LogP contribution in [0.2, 0.25) is 0 Å². The minimum Gasteiger partial charge on any atom is -0.458 e. The number of carbonyl (C=O) groups excluding carboxylic acids is 2. The highest BCUT2D eigenvalue weighted by Crippen LogP contribution is 2.44. The van der Waals surface area contributed by atoms with Gasteiger partial charge in [0.25, 0.3) is 5.56 Å². The Labute approximate surface area is 200 Å². The summed E-state index contributed by atoms with van der Waals surface area (Å²) in [6.45, 7) is 5.35. The van der Waals surface area contributed by atoms with Gasteiger partial charge in [0.05, 0.1) is 35.6 Å². The first-order valence-electron chi connectivity index (χ1n) is 11.6. The summed E-state index contributed by atoms with van der Waals surface area (Å²) >= 11 is 0. The van der Waals surface area contributed by atoms with E-state index in [1.807, 2.05) is 12.1 Å². The zero-order valence-corrected chi connectivity index (χ0v) is 19.2. The molecule has 1 atom stereocenters. The molecule has 0 fully saturated rings. The number of anilines is 1. The molecule has 0 unspecified atom stereocenters. The van der Waals surface area contributed by atoms with Crippen molar-refractivity contribution >= 4 is 28.5 Å². The van der Waals surface area contributed by atoms with Gasteiger partial charge in [0.1, 0.15) is 6.61 Å². The lowest BCUT2D eigenvalue weighted by Gasteiger charge is -2.33. The van der Waals surface area contributed by atoms with E-state index in [2.05, 4.69) is 11.9 Å². The molecule has 2 aromatic heterocycles. The number of nitrogens with zero attached hydrogens (tertiary/aromatic N) is 2. The van der Waals surface area contributed by atoms with Crippen molar-refractivity contribution in [1.29, 1.82) is 0 Å². The van der Waals surface area contributed by atoms with Crippen molar-refractivity contribution in [1.82, 2.24) is 9.55 Å². The van der Waals surface area contributed by atoms with Crippen molar-refractivity contribution in [3.05, 3.63) is 68.5 Å². The highest BCUT2D eigenvalue weighted by molar-refractivity contribution is 6.00. The van der Waals surface area contributed by atoms with Crippen LogP contribution in [0.15, 0.2) is 35.1 Å². The molecule has 0 bridgehead atoms. The van der Waals surface area contributed by atoms with E-state index in [1.165, 1.54) is 6.92 Å². The normalized spacial score (nSPS) is 19.6. The van der Waals surface area contributed by atoms with Gasteiger partial charge in [0.2, 0.25) is 11.5 Å². The number of hydrogen-bond acceptors (Lipinski definition) is 7. The third-order valence-electron chi connectivity index (χ3n) is 7.40. The fraction of sp³-hybridized carbons (Fsp3) is 0.308. The predicted molar refractivity (Wildman–Crippen MR) is 129 cm³/mol. The average molecular weight is 473 g/mol. The summed E-state index contributed by atoms with van der Waals surface area (Å²) in [7, 11) is 0. The molecule has 9 nitrogen and oxygen atoms in total. The summed E-state index contributed by atoms with van der Waals surface area (Å²) in [6.07, 6.45) is 2.52. The molecule has 6 rings (SSSR count). The lowest BCUT2D eigenvalue weighted by Crippen LogP contribution is -2.45. The van der Waals surface area contributed by atoms with Crippen LogP contribution in [0.5, 0.6) is 0 Å². The van der Waals surface area contributed by atoms with Gasteiger partial charge in [-0.15, -0.1) is 0 Å². The number of fused-ring (bicyclic) bond motifs is 5. The van der Waals surface area contributed by atoms with Crippen molar-refractivity contribution in [3.8, 4) is 11.4 Å². The summed E-state index contributed by atoms with van der Waals surface area (Å²) in [5, 5.41) is 15.1. The number of carbonyl (C=O) groups is 2. The van der Waals surface area contributed by atoms with Crippen LogP contribution in [0.1, 0.15) is 41.2 Å². The van der Waals surface area contributed by atoms with E-state index >= 15 is 0 Å². The van der Waals surface area contributed by atoms with Gasteiger partial charge in [-0.1, -0.05) is 6.58 Å². The van der Waals surface area contributed by atoms with Crippen LogP contribution in [0.4, 0.5) is 5.69 Å². The molecule has 0 saturated heterocycles. The van der Waals surface area contributed by atoms with Gasteiger partial charge in [0, 0.05) is 22.2 Å². The molecule has 1 amide bonds. The number of aliphatic hydroxyl groups is 1. The molecule has 0 radical (unpaired) electrons. The average Bonchev–Trinajstić information content (AvgIpc) is 3.22. The lowest BCUT2D eigenvalue weighted by molar-refractivity contribution is -0.167. The van der Waals surface area contributed by atoms with Crippen LogP contribution < -0.4 is 16.6 Å². The minimum atomic E-state index is -2.08. The highest BCUT2D eigenvalue weighted by Gasteiger charge is 2.47. The number of ether oxygens (including phenoxy) is 1. The van der Waals surface area contributed by atoms with Gasteiger partial charge < -0.3 is 25.5 Å². The monoisotopic (exact) mass is 472 g/mol. The second kappa shape index (κ2) is 7.34. The number of benzene rings is 1. The van der Waals surface area contributed by atoms with E-state index in [-0.39, 0.29) is 41.3 Å². The topological polar surface area (TPSA) is 137 Å². The van der Waals surface area contributed by atoms with Crippen LogP contribution in [-0.4, -0.2) is 33.1 Å². The Morgan fingerprint density at radius 2 is 2.03 bits per heavy atom. The zero-order valence-electron chi connectivity index (χ0n) is 19.2. The molecule has 35 heavy (non-hydrogen) atoms. The SMILES string of the molecule is C=C(C)[C@@]1(O)C(=O)OCc2c1cc1n(c2=O)Cc2c-1nc1ccc(NC(=O)CN)c3c1c2CCC3. The van der Waals surface area contributed by atoms with Gasteiger partial charge in [-0.05, 0) is 61.1 Å². The Balaban J connectivity index is 1.60. The van der Waals surface area contributed by atoms with E-state index in [0.717, 1.165) is 52.5 Å². The lowest BCUT2D eigenvalue weighted by atomic mass is 9.83. The second-order valence-electron chi connectivity index (χ2n) is 9.39. The maximum absolute atomic E-state index is 13.5. The van der Waals surface area contributed by atoms with Crippen LogP contribution in [0, 0.1) is 0 Å². The maximum Gasteiger partial charge on any atom is 0.347 e. The highest BCUT2D eigenvalue weighted by atomic mass is 16.6. The summed E-state index contributed by atoms with van der Waals surface area (Å²) < 4.78 is 6.80. The number of nitrogens with two attached hydrogens (primary N) is 1. The molecule has 4 heterocycles. The summed E-state index contributed by atoms with van der Waals surface area (Å²) in [5.41, 5.74) is 9.56. The number of cyclic esters (lactones) is 1. The largest absolute Gasteiger partial charge is 0.458 e. The number of aryl methyl sites for hydroxylation is 2.